The first-order valence-corrected chi connectivity index (χ1v) is 34.7. The minimum atomic E-state index is -1.78. The van der Waals surface area contributed by atoms with Gasteiger partial charge in [-0.15, -0.1) is 0 Å². The van der Waals surface area contributed by atoms with Gasteiger partial charge in [0.15, 0.2) is 0 Å². The summed E-state index contributed by atoms with van der Waals surface area (Å²) in [5.41, 5.74) is 12.0. The first kappa shape index (κ1) is 107. The molecule has 14 amide bonds. The first-order chi connectivity index (χ1) is 47.6. The van der Waals surface area contributed by atoms with Gasteiger partial charge >= 0.3 is 11.9 Å². The number of thiol groups is 6. The van der Waals surface area contributed by atoms with Crippen LogP contribution in [-0.2, 0) is 89.6 Å². The second-order valence-electron chi connectivity index (χ2n) is 22.9. The SMILES string of the molecule is C[C@H](NC(=O)[C@@H]1CCCN1C(=O)C(CC(N)=O)NC(=O)[C@H](CS)NC(=O)C(CS)NC(=O)[C@H](Cc1ccc(O)cc1)NC(=O)C(CCC(=O)O)NC(=O)[C@H](CS)NC(=O)[C@@H](N)CS)C(=O)N[C@@H](CS)C(=O)N[C@H](C(=O)NCC(=O)N[C@@H](CS)C(=O)N[C@@H](Cc1ccc(O)cc1)C(=O)O)[C@@H](C)O.S.S.S.S.S.S. The van der Waals surface area contributed by atoms with Gasteiger partial charge < -0.3 is 106 Å². The molecule has 0 saturated carbocycles. The van der Waals surface area contributed by atoms with Crippen LogP contribution in [-0.4, -0.2) is 257 Å². The van der Waals surface area contributed by atoms with Crippen molar-refractivity contribution in [3.63, 3.8) is 0 Å². The van der Waals surface area contributed by atoms with Gasteiger partial charge in [0.1, 0.15) is 84.0 Å². The van der Waals surface area contributed by atoms with Crippen LogP contribution in [0.1, 0.15) is 57.1 Å². The molecule has 2 aromatic carbocycles. The molecule has 1 aliphatic heterocycles. The molecule has 1 heterocycles. The number of likely N-dealkylation sites (tertiary alicyclic amines) is 1. The average Bonchev–Trinajstić information content (AvgIpc) is 1.74. The number of phenolic OH excluding ortho intramolecular Hbond substituents is 2. The van der Waals surface area contributed by atoms with Crippen molar-refractivity contribution in [2.24, 2.45) is 11.5 Å². The number of hydrogen-bond donors (Lipinski definition) is 25. The maximum Gasteiger partial charge on any atom is 0.326 e. The van der Waals surface area contributed by atoms with Crippen molar-refractivity contribution in [1.29, 1.82) is 0 Å². The number of benzene rings is 2. The van der Waals surface area contributed by atoms with Gasteiger partial charge in [0.05, 0.1) is 25.1 Å². The highest BCUT2D eigenvalue weighted by Crippen LogP contribution is 2.21. The average molecular weight is 1740 g/mol. The number of aromatic hydroxyl groups is 2. The molecule has 3 unspecified atom stereocenters. The fourth-order valence-electron chi connectivity index (χ4n) is 9.41. The maximum atomic E-state index is 14.2. The highest BCUT2D eigenvalue weighted by Gasteiger charge is 2.41. The number of hydrogen-bond acceptors (Lipinski definition) is 26. The van der Waals surface area contributed by atoms with Gasteiger partial charge in [-0.2, -0.15) is 157 Å². The Bertz CT molecular complexity index is 3320. The van der Waals surface area contributed by atoms with Gasteiger partial charge in [-0.05, 0) is 68.5 Å². The Morgan fingerprint density at radius 2 is 0.850 bits per heavy atom. The minimum Gasteiger partial charge on any atom is -0.508 e. The largest absolute Gasteiger partial charge is 0.508 e. The van der Waals surface area contributed by atoms with E-state index in [1.54, 1.807) is 0 Å². The molecule has 1 aliphatic rings. The quantitative estimate of drug-likeness (QED) is 0.0275. The topological polar surface area (TPSA) is 574 Å². The summed E-state index contributed by atoms with van der Waals surface area (Å²) in [6.45, 7) is 1.38. The third-order valence-corrected chi connectivity index (χ3v) is 17.2. The zero-order valence-electron chi connectivity index (χ0n) is 57.4. The fourth-order valence-corrected chi connectivity index (χ4v) is 10.9. The monoisotopic (exact) mass is 1740 g/mol. The normalized spacial score (nSPS) is 15.5. The fraction of sp³-hybridized carbons (Fsp3) is 0.525. The lowest BCUT2D eigenvalue weighted by Crippen LogP contribution is -2.61. The first-order valence-electron chi connectivity index (χ1n) is 30.9. The number of aliphatic carboxylic acids is 2. The van der Waals surface area contributed by atoms with Crippen molar-refractivity contribution < 1.29 is 102 Å². The number of aliphatic hydroxyl groups is 1. The van der Waals surface area contributed by atoms with Crippen LogP contribution in [0.4, 0.5) is 0 Å². The molecule has 1 fully saturated rings. The molecule has 14 atom stereocenters. The van der Waals surface area contributed by atoms with Crippen molar-refractivity contribution in [1.82, 2.24) is 68.7 Å². The number of carboxylic acids is 2. The summed E-state index contributed by atoms with van der Waals surface area (Å²) in [4.78, 5) is 213. The Morgan fingerprint density at radius 3 is 1.27 bits per heavy atom. The number of carbonyl (C=O) groups excluding carboxylic acids is 14. The van der Waals surface area contributed by atoms with Gasteiger partial charge in [0.2, 0.25) is 82.7 Å². The van der Waals surface area contributed by atoms with Crippen LogP contribution in [0.15, 0.2) is 48.5 Å². The number of carboxylic acid groups (broad SMARTS) is 2. The highest BCUT2D eigenvalue weighted by molar-refractivity contribution is 7.81. The number of rotatable bonds is 42. The maximum absolute atomic E-state index is 14.2. The van der Waals surface area contributed by atoms with E-state index in [0.717, 1.165) is 11.8 Å². The van der Waals surface area contributed by atoms with Crippen LogP contribution in [0.2, 0.25) is 0 Å². The molecule has 0 spiro atoms. The van der Waals surface area contributed by atoms with Crippen molar-refractivity contribution >= 4 is 251 Å². The van der Waals surface area contributed by atoms with Gasteiger partial charge in [0, 0.05) is 60.3 Å². The molecule has 21 N–H and O–H groups in total. The summed E-state index contributed by atoms with van der Waals surface area (Å²) < 4.78 is 0. The van der Waals surface area contributed by atoms with E-state index in [0.29, 0.717) is 11.1 Å². The summed E-state index contributed by atoms with van der Waals surface area (Å²) in [5, 5.41) is 77.2. The van der Waals surface area contributed by atoms with Crippen LogP contribution >= 0.6 is 157 Å². The number of primary amides is 1. The molecule has 36 nitrogen and oxygen atoms in total. The van der Waals surface area contributed by atoms with Crippen molar-refractivity contribution in [3.05, 3.63) is 59.7 Å². The Labute approximate surface area is 690 Å². The van der Waals surface area contributed by atoms with Crippen LogP contribution in [0.25, 0.3) is 0 Å². The van der Waals surface area contributed by atoms with E-state index < -0.39 is 222 Å². The van der Waals surface area contributed by atoms with E-state index in [-0.39, 0.29) is 142 Å². The number of amides is 14. The Balaban J connectivity index is -0.00000884. The molecule has 0 aromatic heterocycles. The summed E-state index contributed by atoms with van der Waals surface area (Å²) in [7, 11) is 0. The molecule has 1 saturated heterocycles. The number of nitrogens with one attached hydrogen (secondary N) is 12. The van der Waals surface area contributed by atoms with Crippen LogP contribution in [0, 0.1) is 0 Å². The van der Waals surface area contributed by atoms with Crippen molar-refractivity contribution in [2.45, 2.75) is 143 Å². The molecule has 3 rings (SSSR count). The molecule has 2 aromatic rings. The molecular weight excluding hydrogens is 1640 g/mol. The van der Waals surface area contributed by atoms with Gasteiger partial charge in [-0.3, -0.25) is 71.9 Å². The standard InChI is InChI=1S/C59H85N15O21S6.6H2S/c1-26(47(82)69-41(25-101)55(90)73-46(27(2)75)57(92)62-19-44(79)64-37(21-97)51(86)68-36(59(94)95)17-29-7-11-31(77)12-8-29)63-56(91)42-4-3-15-74(42)58(93)35(18-43(61)78)67-53(88)39(23-99)72-54(89)40(24-100)71-50(85)34(16-28-5-9-30(76)10-6-28)66-49(84)33(13-14-45(80)81)65-52(87)38(22-98)70-48(83)32(60)20-96;;;;;;/h5-12,26-27,32-42,46,75-77,96-101H,3-4,13-25,60H2,1-2H3,(H2,61,78)(H,62,92)(H,63,91)(H,64,79)(H,65,87)(H,66,84)(H,67,88)(H,68,86)(H,69,82)(H,70,83)(H,71,85)(H,72,89)(H,73,90)(H,80,81)(H,94,95);6*1H2/t26-,27+,32-,33?,34-,35?,36-,37-,38-,39-,40?,41-,42-,46-;;;;;;/m0....../s1. The van der Waals surface area contributed by atoms with Gasteiger partial charge in [-0.1, -0.05) is 24.3 Å². The number of aliphatic hydroxyl groups excluding tert-OH is 1. The highest BCUT2D eigenvalue weighted by atomic mass is 32.1. The number of phenols is 2. The number of nitrogens with zero attached hydrogens (tertiary/aromatic N) is 1. The predicted octanol–water partition coefficient (Wildman–Crippen LogP) is -6.87. The molecule has 0 radical (unpaired) electrons. The summed E-state index contributed by atoms with van der Waals surface area (Å²) in [6.07, 6.45) is -4.01. The zero-order chi connectivity index (χ0) is 76.0. The zero-order valence-corrected chi connectivity index (χ0v) is 68.7. The van der Waals surface area contributed by atoms with Crippen LogP contribution in [0.5, 0.6) is 11.5 Å². The molecule has 606 valence electrons. The Hall–Kier alpha value is -6.32. The van der Waals surface area contributed by atoms with Crippen molar-refractivity contribution in [2.75, 3.05) is 47.6 Å². The summed E-state index contributed by atoms with van der Waals surface area (Å²) in [6, 6.07) is -8.90. The summed E-state index contributed by atoms with van der Waals surface area (Å²) in [5.74, 6) is -19.3. The van der Waals surface area contributed by atoms with Crippen LogP contribution in [0.3, 0.4) is 0 Å². The summed E-state index contributed by atoms with van der Waals surface area (Å²) >= 11 is 24.6. The van der Waals surface area contributed by atoms with E-state index in [4.69, 9.17) is 11.5 Å². The lowest BCUT2D eigenvalue weighted by atomic mass is 10.0. The van der Waals surface area contributed by atoms with Crippen LogP contribution < -0.4 is 75.3 Å². The smallest absolute Gasteiger partial charge is 0.326 e. The minimum absolute atomic E-state index is 0. The lowest BCUT2D eigenvalue weighted by molar-refractivity contribution is -0.143. The lowest BCUT2D eigenvalue weighted by Gasteiger charge is -2.30. The van der Waals surface area contributed by atoms with Gasteiger partial charge in [0.25, 0.3) is 0 Å². The number of carbonyl (C=O) groups is 16. The van der Waals surface area contributed by atoms with Gasteiger partial charge in [-0.25, -0.2) is 4.79 Å². The van der Waals surface area contributed by atoms with E-state index >= 15 is 0 Å². The van der Waals surface area contributed by atoms with E-state index in [1.165, 1.54) is 55.5 Å². The third kappa shape index (κ3) is 36.4. The molecule has 0 bridgehead atoms. The molecule has 107 heavy (non-hydrogen) atoms. The molecule has 0 aliphatic carbocycles. The predicted molar refractivity (Wildman–Crippen MR) is 442 cm³/mol. The van der Waals surface area contributed by atoms with E-state index in [2.05, 4.69) is 140 Å². The second-order valence-corrected chi connectivity index (χ2v) is 25.0. The van der Waals surface area contributed by atoms with E-state index in [9.17, 15) is 102 Å². The van der Waals surface area contributed by atoms with E-state index in [1.807, 2.05) is 0 Å². The Kier molecular flexibility index (Phi) is 54.3. The molecular formula is C59H97N15O21S12. The molecule has 48 heteroatoms. The third-order valence-electron chi connectivity index (χ3n) is 15.0. The number of nitrogens with two attached hydrogens (primary N) is 2. The second kappa shape index (κ2) is 54.3. The Morgan fingerprint density at radius 1 is 0.477 bits per heavy atom. The van der Waals surface area contributed by atoms with Crippen molar-refractivity contribution in [3.8, 4) is 11.5 Å².